The number of nitrogens with zero attached hydrogens (tertiary/aromatic N) is 2. The van der Waals surface area contributed by atoms with Gasteiger partial charge in [0.25, 0.3) is 11.5 Å². The lowest BCUT2D eigenvalue weighted by Gasteiger charge is -2.22. The summed E-state index contributed by atoms with van der Waals surface area (Å²) in [7, 11) is 0. The molecule has 0 spiro atoms. The average molecular weight is 430 g/mol. The normalized spacial score (nSPS) is 14.2. The van der Waals surface area contributed by atoms with Crippen molar-refractivity contribution >= 4 is 11.6 Å². The van der Waals surface area contributed by atoms with Gasteiger partial charge in [0.1, 0.15) is 5.69 Å². The van der Waals surface area contributed by atoms with Crippen LogP contribution in [-0.4, -0.2) is 40.5 Å². The fourth-order valence-corrected chi connectivity index (χ4v) is 4.85. The number of aromatic nitrogens is 3. The van der Waals surface area contributed by atoms with E-state index >= 15 is 0 Å². The first-order valence-corrected chi connectivity index (χ1v) is 11.2. The fourth-order valence-electron chi connectivity index (χ4n) is 4.85. The van der Waals surface area contributed by atoms with Gasteiger partial charge in [-0.2, -0.15) is 0 Å². The Labute approximate surface area is 186 Å². The fraction of sp³-hybridized carbons (Fsp3) is 0.320. The van der Waals surface area contributed by atoms with E-state index in [1.54, 1.807) is 6.20 Å². The summed E-state index contributed by atoms with van der Waals surface area (Å²) in [5.74, 6) is 0.0185. The molecule has 0 aromatic carbocycles. The largest absolute Gasteiger partial charge is 0.363 e. The molecule has 3 aromatic heterocycles. The van der Waals surface area contributed by atoms with E-state index in [-0.39, 0.29) is 11.5 Å². The predicted octanol–water partition coefficient (Wildman–Crippen LogP) is 3.22. The highest BCUT2D eigenvalue weighted by molar-refractivity contribution is 6.00. The molecule has 32 heavy (non-hydrogen) atoms. The van der Waals surface area contributed by atoms with Gasteiger partial charge in [-0.25, -0.2) is 0 Å². The van der Waals surface area contributed by atoms with Crippen LogP contribution in [0.1, 0.15) is 40.5 Å². The molecule has 0 saturated heterocycles. The van der Waals surface area contributed by atoms with Crippen molar-refractivity contribution in [2.45, 2.75) is 32.6 Å². The lowest BCUT2D eigenvalue weighted by Crippen LogP contribution is -2.32. The molecule has 164 valence electrons. The van der Waals surface area contributed by atoms with Gasteiger partial charge in [0, 0.05) is 55.3 Å². The van der Waals surface area contributed by atoms with Crippen molar-refractivity contribution in [2.24, 2.45) is 0 Å². The molecule has 1 amide bonds. The van der Waals surface area contributed by atoms with Crippen molar-refractivity contribution < 1.29 is 4.79 Å². The summed E-state index contributed by atoms with van der Waals surface area (Å²) in [6, 6.07) is 3.98. The van der Waals surface area contributed by atoms with Crippen LogP contribution in [0.5, 0.6) is 0 Å². The maximum absolute atomic E-state index is 12.5. The summed E-state index contributed by atoms with van der Waals surface area (Å²) >= 11 is 0. The number of amides is 1. The number of anilines is 1. The van der Waals surface area contributed by atoms with Gasteiger partial charge < -0.3 is 20.2 Å². The summed E-state index contributed by atoms with van der Waals surface area (Å²) in [5.41, 5.74) is 8.38. The molecule has 1 aliphatic heterocycles. The van der Waals surface area contributed by atoms with Gasteiger partial charge in [-0.1, -0.05) is 13.0 Å². The highest BCUT2D eigenvalue weighted by Gasteiger charge is 2.29. The number of hydrogen-bond acceptors (Lipinski definition) is 4. The Morgan fingerprint density at radius 2 is 2.09 bits per heavy atom. The van der Waals surface area contributed by atoms with Crippen molar-refractivity contribution in [3.8, 4) is 22.5 Å². The molecule has 3 N–H and O–H groups in total. The van der Waals surface area contributed by atoms with Gasteiger partial charge in [0.15, 0.2) is 0 Å². The second-order valence-electron chi connectivity index (χ2n) is 8.40. The summed E-state index contributed by atoms with van der Waals surface area (Å²) in [6.07, 6.45) is 8.89. The maximum Gasteiger partial charge on any atom is 0.271 e. The van der Waals surface area contributed by atoms with Gasteiger partial charge in [-0.3, -0.25) is 14.6 Å². The van der Waals surface area contributed by atoms with Crippen LogP contribution in [-0.2, 0) is 19.3 Å². The maximum atomic E-state index is 12.5. The molecule has 3 aromatic rings. The van der Waals surface area contributed by atoms with E-state index in [0.29, 0.717) is 18.8 Å². The molecule has 0 saturated carbocycles. The van der Waals surface area contributed by atoms with E-state index in [0.717, 1.165) is 71.6 Å². The number of H-pyrrole nitrogens is 2. The number of fused-ring (bicyclic) bond motifs is 5. The molecule has 0 bridgehead atoms. The molecule has 1 aliphatic carbocycles. The second kappa shape index (κ2) is 8.15. The number of nitrogens with one attached hydrogen (secondary N) is 3. The molecule has 5 rings (SSSR count). The van der Waals surface area contributed by atoms with Gasteiger partial charge in [0.2, 0.25) is 0 Å². The van der Waals surface area contributed by atoms with Crippen molar-refractivity contribution in [1.29, 1.82) is 0 Å². The third-order valence-electron chi connectivity index (χ3n) is 6.33. The van der Waals surface area contributed by atoms with Crippen LogP contribution >= 0.6 is 0 Å². The van der Waals surface area contributed by atoms with Crippen LogP contribution < -0.4 is 15.8 Å². The van der Waals surface area contributed by atoms with Crippen LogP contribution in [0.3, 0.4) is 0 Å². The molecule has 2 aliphatic rings. The first kappa shape index (κ1) is 20.3. The minimum atomic E-state index is -0.118. The Kier molecular flexibility index (Phi) is 5.17. The second-order valence-corrected chi connectivity index (χ2v) is 8.40. The first-order chi connectivity index (χ1) is 15.6. The van der Waals surface area contributed by atoms with Crippen molar-refractivity contribution in [3.63, 3.8) is 0 Å². The average Bonchev–Trinajstić information content (AvgIpc) is 3.19. The lowest BCUT2D eigenvalue weighted by atomic mass is 9.88. The first-order valence-electron chi connectivity index (χ1n) is 11.2. The Morgan fingerprint density at radius 3 is 2.91 bits per heavy atom. The van der Waals surface area contributed by atoms with E-state index in [1.807, 2.05) is 23.2 Å². The summed E-state index contributed by atoms with van der Waals surface area (Å²) < 4.78 is 0. The summed E-state index contributed by atoms with van der Waals surface area (Å²) in [6.45, 7) is 7.96. The quantitative estimate of drug-likeness (QED) is 0.525. The molecule has 7 heteroatoms. The number of carbonyl (C=O) groups excluding carboxylic acids is 1. The van der Waals surface area contributed by atoms with Crippen LogP contribution in [0.15, 0.2) is 42.0 Å². The Morgan fingerprint density at radius 1 is 1.22 bits per heavy atom. The standard InChI is InChI=1S/C25H27N5O2/c1-3-9-30(10-4-2)21-11-16(14-28-24(21)31)20-12-18-15(13-27-20)5-6-17-22-19(29-23(17)18)7-8-26-25(22)32/h3,11-14,29H,1,4-10H2,2H3,(H,26,32)(H,28,31). The molecule has 0 radical (unpaired) electrons. The zero-order chi connectivity index (χ0) is 22.2. The van der Waals surface area contributed by atoms with Crippen LogP contribution in [0.2, 0.25) is 0 Å². The third-order valence-corrected chi connectivity index (χ3v) is 6.33. The summed E-state index contributed by atoms with van der Waals surface area (Å²) in [4.78, 5) is 38.1. The van der Waals surface area contributed by atoms with E-state index in [1.165, 1.54) is 5.56 Å². The Balaban J connectivity index is 1.58. The van der Waals surface area contributed by atoms with Crippen LogP contribution in [0.4, 0.5) is 5.69 Å². The lowest BCUT2D eigenvalue weighted by molar-refractivity contribution is 0.0945. The van der Waals surface area contributed by atoms with Crippen LogP contribution in [0.25, 0.3) is 22.5 Å². The number of rotatable bonds is 6. The minimum absolute atomic E-state index is 0.0185. The molecular weight excluding hydrogens is 402 g/mol. The van der Waals surface area contributed by atoms with Gasteiger partial charge in [-0.05, 0) is 42.5 Å². The topological polar surface area (TPSA) is 93.9 Å². The number of hydrogen-bond donors (Lipinski definition) is 3. The molecule has 0 unspecified atom stereocenters. The molecule has 0 fully saturated rings. The highest BCUT2D eigenvalue weighted by atomic mass is 16.1. The van der Waals surface area contributed by atoms with Gasteiger partial charge >= 0.3 is 0 Å². The summed E-state index contributed by atoms with van der Waals surface area (Å²) in [5, 5.41) is 2.96. The van der Waals surface area contributed by atoms with Crippen molar-refractivity contribution in [2.75, 3.05) is 24.5 Å². The SMILES string of the molecule is C=CCN(CCC)c1cc(-c2cc3c(cn2)CCc2c-3[nH]c3c2C(=O)NCC3)c[nH]c1=O. The monoisotopic (exact) mass is 429 g/mol. The minimum Gasteiger partial charge on any atom is -0.363 e. The van der Waals surface area contributed by atoms with Crippen molar-refractivity contribution in [1.82, 2.24) is 20.3 Å². The third kappa shape index (κ3) is 3.34. The zero-order valence-electron chi connectivity index (χ0n) is 18.3. The molecule has 7 nitrogen and oxygen atoms in total. The zero-order valence-corrected chi connectivity index (χ0v) is 18.3. The smallest absolute Gasteiger partial charge is 0.271 e. The van der Waals surface area contributed by atoms with Crippen molar-refractivity contribution in [3.05, 3.63) is 69.9 Å². The highest BCUT2D eigenvalue weighted by Crippen LogP contribution is 2.38. The van der Waals surface area contributed by atoms with Gasteiger partial charge in [0.05, 0.1) is 17.0 Å². The Hall–Kier alpha value is -3.61. The molecular formula is C25H27N5O2. The number of carbonyl (C=O) groups is 1. The predicted molar refractivity (Wildman–Crippen MR) is 126 cm³/mol. The molecule has 0 atom stereocenters. The van der Waals surface area contributed by atoms with E-state index < -0.39 is 0 Å². The number of pyridine rings is 2. The van der Waals surface area contributed by atoms with Crippen LogP contribution in [0, 0.1) is 0 Å². The molecule has 4 heterocycles. The van der Waals surface area contributed by atoms with E-state index in [2.05, 4.69) is 34.9 Å². The van der Waals surface area contributed by atoms with E-state index in [9.17, 15) is 9.59 Å². The number of aromatic amines is 2. The number of aryl methyl sites for hydroxylation is 1. The Bertz CT molecular complexity index is 1270. The van der Waals surface area contributed by atoms with E-state index in [4.69, 9.17) is 4.98 Å². The van der Waals surface area contributed by atoms with Gasteiger partial charge in [-0.15, -0.1) is 6.58 Å².